The first-order valence-corrected chi connectivity index (χ1v) is 10.1. The summed E-state index contributed by atoms with van der Waals surface area (Å²) >= 11 is 1.74. The summed E-state index contributed by atoms with van der Waals surface area (Å²) in [5.74, 6) is 0.970. The molecule has 0 radical (unpaired) electrons. The van der Waals surface area contributed by atoms with Crippen LogP contribution in [0.5, 0.6) is 0 Å². The van der Waals surface area contributed by atoms with Crippen molar-refractivity contribution in [2.24, 2.45) is 5.92 Å². The van der Waals surface area contributed by atoms with Crippen LogP contribution >= 0.6 is 11.8 Å². The Labute approximate surface area is 144 Å². The van der Waals surface area contributed by atoms with Gasteiger partial charge in [-0.3, -0.25) is 4.79 Å². The second-order valence-electron chi connectivity index (χ2n) is 6.88. The molecule has 4 heteroatoms. The van der Waals surface area contributed by atoms with Crippen LogP contribution < -0.4 is 0 Å². The number of piperidine rings is 1. The predicted octanol–water partition coefficient (Wildman–Crippen LogP) is 3.29. The standard InChI is InChI=1S/C19H28N2OS/c1-23-18-8-6-16(7-9-18)13-19(22)21-12-4-5-17(15-21)14-20-10-2-3-11-20/h6-9,17H,2-5,10-15H2,1H3/t17-/m1/s1. The molecule has 3 nitrogen and oxygen atoms in total. The number of carbonyl (C=O) groups excluding carboxylic acids is 1. The number of rotatable bonds is 5. The van der Waals surface area contributed by atoms with Crippen LogP contribution in [0.1, 0.15) is 31.2 Å². The van der Waals surface area contributed by atoms with Gasteiger partial charge in [-0.05, 0) is 68.6 Å². The Morgan fingerprint density at radius 2 is 1.87 bits per heavy atom. The third-order valence-corrected chi connectivity index (χ3v) is 5.84. The van der Waals surface area contributed by atoms with Gasteiger partial charge in [0.1, 0.15) is 0 Å². The number of likely N-dealkylation sites (tertiary alicyclic amines) is 2. The fourth-order valence-electron chi connectivity index (χ4n) is 3.80. The van der Waals surface area contributed by atoms with Crippen molar-refractivity contribution < 1.29 is 4.79 Å². The van der Waals surface area contributed by atoms with E-state index in [0.29, 0.717) is 18.2 Å². The summed E-state index contributed by atoms with van der Waals surface area (Å²) in [7, 11) is 0. The molecule has 0 aliphatic carbocycles. The second kappa shape index (κ2) is 8.20. The number of hydrogen-bond donors (Lipinski definition) is 0. The number of benzene rings is 1. The van der Waals surface area contributed by atoms with E-state index in [1.807, 2.05) is 0 Å². The number of carbonyl (C=O) groups is 1. The van der Waals surface area contributed by atoms with Crippen molar-refractivity contribution in [1.29, 1.82) is 0 Å². The molecule has 0 spiro atoms. The molecule has 0 N–H and O–H groups in total. The van der Waals surface area contributed by atoms with E-state index in [1.54, 1.807) is 11.8 Å². The van der Waals surface area contributed by atoms with E-state index in [1.165, 1.54) is 43.8 Å². The first-order chi connectivity index (χ1) is 11.2. The molecule has 23 heavy (non-hydrogen) atoms. The second-order valence-corrected chi connectivity index (χ2v) is 7.76. The normalized spacial score (nSPS) is 22.5. The first-order valence-electron chi connectivity index (χ1n) is 8.87. The van der Waals surface area contributed by atoms with Crippen LogP contribution in [-0.4, -0.2) is 54.7 Å². The van der Waals surface area contributed by atoms with Gasteiger partial charge in [0.25, 0.3) is 0 Å². The Balaban J connectivity index is 1.51. The molecule has 3 rings (SSSR count). The van der Waals surface area contributed by atoms with Crippen LogP contribution in [0, 0.1) is 5.92 Å². The molecule has 2 heterocycles. The predicted molar refractivity (Wildman–Crippen MR) is 96.9 cm³/mol. The summed E-state index contributed by atoms with van der Waals surface area (Å²) in [5.41, 5.74) is 1.13. The summed E-state index contributed by atoms with van der Waals surface area (Å²) in [4.78, 5) is 18.6. The molecular formula is C19H28N2OS. The van der Waals surface area contributed by atoms with Crippen molar-refractivity contribution in [3.63, 3.8) is 0 Å². The highest BCUT2D eigenvalue weighted by molar-refractivity contribution is 7.98. The van der Waals surface area contributed by atoms with E-state index in [4.69, 9.17) is 0 Å². The van der Waals surface area contributed by atoms with Crippen LogP contribution in [0.25, 0.3) is 0 Å². The van der Waals surface area contributed by atoms with Gasteiger partial charge in [-0.2, -0.15) is 0 Å². The lowest BCUT2D eigenvalue weighted by Crippen LogP contribution is -2.43. The highest BCUT2D eigenvalue weighted by Gasteiger charge is 2.26. The minimum absolute atomic E-state index is 0.299. The number of thioether (sulfide) groups is 1. The lowest BCUT2D eigenvalue weighted by Gasteiger charge is -2.34. The molecular weight excluding hydrogens is 304 g/mol. The van der Waals surface area contributed by atoms with Gasteiger partial charge in [0, 0.05) is 24.5 Å². The molecule has 2 aliphatic heterocycles. The van der Waals surface area contributed by atoms with Gasteiger partial charge in [-0.25, -0.2) is 0 Å². The van der Waals surface area contributed by atoms with E-state index in [9.17, 15) is 4.79 Å². The molecule has 2 aliphatic rings. The summed E-state index contributed by atoms with van der Waals surface area (Å²) in [6.45, 7) is 5.60. The summed E-state index contributed by atoms with van der Waals surface area (Å²) in [6, 6.07) is 8.41. The minimum Gasteiger partial charge on any atom is -0.342 e. The van der Waals surface area contributed by atoms with Gasteiger partial charge in [0.2, 0.25) is 5.91 Å². The molecule has 126 valence electrons. The van der Waals surface area contributed by atoms with Crippen LogP contribution in [0.3, 0.4) is 0 Å². The van der Waals surface area contributed by atoms with Crippen molar-refractivity contribution in [3.05, 3.63) is 29.8 Å². The molecule has 1 atom stereocenters. The SMILES string of the molecule is CSc1ccc(CC(=O)N2CCC[C@H](CN3CCCC3)C2)cc1. The molecule has 1 aromatic carbocycles. The summed E-state index contributed by atoms with van der Waals surface area (Å²) in [6.07, 6.45) is 7.76. The molecule has 0 saturated carbocycles. The van der Waals surface area contributed by atoms with Crippen molar-refractivity contribution in [1.82, 2.24) is 9.80 Å². The van der Waals surface area contributed by atoms with Gasteiger partial charge in [-0.1, -0.05) is 12.1 Å². The van der Waals surface area contributed by atoms with Crippen LogP contribution in [0.4, 0.5) is 0 Å². The Morgan fingerprint density at radius 3 is 2.57 bits per heavy atom. The van der Waals surface area contributed by atoms with E-state index in [0.717, 1.165) is 25.1 Å². The maximum atomic E-state index is 12.6. The minimum atomic E-state index is 0.299. The smallest absolute Gasteiger partial charge is 0.226 e. The average Bonchev–Trinajstić information content (AvgIpc) is 3.09. The highest BCUT2D eigenvalue weighted by Crippen LogP contribution is 2.21. The van der Waals surface area contributed by atoms with Gasteiger partial charge in [0.05, 0.1) is 6.42 Å². The lowest BCUT2D eigenvalue weighted by atomic mass is 9.97. The highest BCUT2D eigenvalue weighted by atomic mass is 32.2. The molecule has 0 aromatic heterocycles. The number of nitrogens with zero attached hydrogens (tertiary/aromatic N) is 2. The van der Waals surface area contributed by atoms with Gasteiger partial charge in [0.15, 0.2) is 0 Å². The van der Waals surface area contributed by atoms with Crippen molar-refractivity contribution >= 4 is 17.7 Å². The quantitative estimate of drug-likeness (QED) is 0.773. The van der Waals surface area contributed by atoms with Crippen LogP contribution in [-0.2, 0) is 11.2 Å². The Hall–Kier alpha value is -1.00. The Bertz CT molecular complexity index is 511. The average molecular weight is 333 g/mol. The molecule has 0 unspecified atom stereocenters. The summed E-state index contributed by atoms with van der Waals surface area (Å²) < 4.78 is 0. The molecule has 0 bridgehead atoms. The third-order valence-electron chi connectivity index (χ3n) is 5.10. The van der Waals surface area contributed by atoms with Crippen LogP contribution in [0.15, 0.2) is 29.2 Å². The van der Waals surface area contributed by atoms with Crippen LogP contribution in [0.2, 0.25) is 0 Å². The Morgan fingerprint density at radius 1 is 1.13 bits per heavy atom. The summed E-state index contributed by atoms with van der Waals surface area (Å²) in [5, 5.41) is 0. The fraction of sp³-hybridized carbons (Fsp3) is 0.632. The van der Waals surface area contributed by atoms with E-state index < -0.39 is 0 Å². The first kappa shape index (κ1) is 16.8. The topological polar surface area (TPSA) is 23.6 Å². The zero-order chi connectivity index (χ0) is 16.1. The molecule has 1 aromatic rings. The van der Waals surface area contributed by atoms with E-state index in [-0.39, 0.29) is 0 Å². The molecule has 2 saturated heterocycles. The monoisotopic (exact) mass is 332 g/mol. The van der Waals surface area contributed by atoms with Crippen molar-refractivity contribution in [3.8, 4) is 0 Å². The van der Waals surface area contributed by atoms with Gasteiger partial charge < -0.3 is 9.80 Å². The fourth-order valence-corrected chi connectivity index (χ4v) is 4.21. The number of amides is 1. The number of hydrogen-bond acceptors (Lipinski definition) is 3. The Kier molecular flexibility index (Phi) is 6.01. The van der Waals surface area contributed by atoms with E-state index >= 15 is 0 Å². The van der Waals surface area contributed by atoms with E-state index in [2.05, 4.69) is 40.3 Å². The van der Waals surface area contributed by atoms with Crippen molar-refractivity contribution in [2.45, 2.75) is 37.0 Å². The third kappa shape index (κ3) is 4.74. The van der Waals surface area contributed by atoms with Gasteiger partial charge >= 0.3 is 0 Å². The van der Waals surface area contributed by atoms with Gasteiger partial charge in [-0.15, -0.1) is 11.8 Å². The molecule has 2 fully saturated rings. The molecule has 1 amide bonds. The largest absolute Gasteiger partial charge is 0.342 e. The maximum Gasteiger partial charge on any atom is 0.226 e. The zero-order valence-corrected chi connectivity index (χ0v) is 15.0. The van der Waals surface area contributed by atoms with Crippen molar-refractivity contribution in [2.75, 3.05) is 39.0 Å². The maximum absolute atomic E-state index is 12.6. The zero-order valence-electron chi connectivity index (χ0n) is 14.2. The lowest BCUT2D eigenvalue weighted by molar-refractivity contribution is -0.132.